The van der Waals surface area contributed by atoms with Gasteiger partial charge in [-0.05, 0) is 85.9 Å². The Morgan fingerprint density at radius 1 is 0.886 bits per heavy atom. The fraction of sp³-hybridized carbons (Fsp3) is 0.214. The van der Waals surface area contributed by atoms with E-state index >= 15 is 0 Å². The van der Waals surface area contributed by atoms with Crippen LogP contribution in [0.5, 0.6) is 11.5 Å². The average molecular weight is 476 g/mol. The third-order valence-electron chi connectivity index (χ3n) is 5.24. The van der Waals surface area contributed by atoms with Gasteiger partial charge >= 0.3 is 0 Å². The summed E-state index contributed by atoms with van der Waals surface area (Å²) in [5, 5.41) is 0. The van der Waals surface area contributed by atoms with E-state index in [1.165, 1.54) is 36.4 Å². The van der Waals surface area contributed by atoms with Crippen LogP contribution >= 0.6 is 0 Å². The van der Waals surface area contributed by atoms with E-state index in [0.717, 1.165) is 37.0 Å². The van der Waals surface area contributed by atoms with Crippen LogP contribution in [-0.2, 0) is 4.79 Å². The van der Waals surface area contributed by atoms with Crippen LogP contribution in [0.25, 0.3) is 6.08 Å². The molecular formula is C28H28FN2O4. The van der Waals surface area contributed by atoms with Gasteiger partial charge < -0.3 is 20.9 Å². The van der Waals surface area contributed by atoms with E-state index in [2.05, 4.69) is 0 Å². The standard InChI is InChI=1S/C28H28FN2O4/c29-23-10-8-21(9-11-23)27(33)14-7-20-5-12-25(13-6-20)34-15-3-1-2-4-16-35-28-22(19-32)17-24(30)18-26(28)31/h5-14,17-18H,1-4,15-16,30-31H2. The number of nitrogens with two attached hydrogens (primary N) is 2. The van der Waals surface area contributed by atoms with Crippen molar-refractivity contribution in [3.63, 3.8) is 0 Å². The maximum atomic E-state index is 13.0. The molecule has 0 aliphatic heterocycles. The molecule has 0 atom stereocenters. The highest BCUT2D eigenvalue weighted by atomic mass is 19.1. The van der Waals surface area contributed by atoms with Gasteiger partial charge in [0.25, 0.3) is 0 Å². The molecule has 3 aromatic carbocycles. The second-order valence-electron chi connectivity index (χ2n) is 7.97. The second kappa shape index (κ2) is 12.9. The monoisotopic (exact) mass is 475 g/mol. The Morgan fingerprint density at radius 3 is 2.20 bits per heavy atom. The van der Waals surface area contributed by atoms with Crippen LogP contribution in [0.2, 0.25) is 0 Å². The predicted octanol–water partition coefficient (Wildman–Crippen LogP) is 5.36. The normalized spacial score (nSPS) is 10.9. The largest absolute Gasteiger partial charge is 0.494 e. The van der Waals surface area contributed by atoms with Crippen molar-refractivity contribution < 1.29 is 23.5 Å². The van der Waals surface area contributed by atoms with Crippen LogP contribution in [0.4, 0.5) is 15.8 Å². The summed E-state index contributed by atoms with van der Waals surface area (Å²) in [6, 6.07) is 16.0. The Balaban J connectivity index is 1.32. The number of nitrogen functional groups attached to an aromatic ring is 2. The van der Waals surface area contributed by atoms with Gasteiger partial charge in [0.2, 0.25) is 6.29 Å². The fourth-order valence-corrected chi connectivity index (χ4v) is 3.39. The van der Waals surface area contributed by atoms with Gasteiger partial charge in [0, 0.05) is 11.3 Å². The van der Waals surface area contributed by atoms with Crippen molar-refractivity contribution in [3.05, 3.63) is 89.2 Å². The van der Waals surface area contributed by atoms with Crippen molar-refractivity contribution >= 4 is 29.5 Å². The first-order valence-corrected chi connectivity index (χ1v) is 11.4. The topological polar surface area (TPSA) is 105 Å². The number of hydrogen-bond acceptors (Lipinski definition) is 6. The number of hydrogen-bond donors (Lipinski definition) is 2. The number of ether oxygens (including phenoxy) is 2. The van der Waals surface area contributed by atoms with E-state index < -0.39 is 0 Å². The molecule has 1 radical (unpaired) electrons. The second-order valence-corrected chi connectivity index (χ2v) is 7.97. The summed E-state index contributed by atoms with van der Waals surface area (Å²) in [7, 11) is 0. The molecule has 3 rings (SSSR count). The van der Waals surface area contributed by atoms with Crippen molar-refractivity contribution in [1.29, 1.82) is 0 Å². The Bertz CT molecular complexity index is 1160. The number of carbonyl (C=O) groups is 1. The number of carbonyl (C=O) groups excluding carboxylic acids is 2. The summed E-state index contributed by atoms with van der Waals surface area (Å²) in [4.78, 5) is 23.2. The van der Waals surface area contributed by atoms with Crippen molar-refractivity contribution in [3.8, 4) is 11.5 Å². The molecular weight excluding hydrogens is 447 g/mol. The highest BCUT2D eigenvalue weighted by molar-refractivity contribution is 6.06. The van der Waals surface area contributed by atoms with Crippen LogP contribution in [0.1, 0.15) is 47.2 Å². The maximum absolute atomic E-state index is 13.0. The molecule has 3 aromatic rings. The van der Waals surface area contributed by atoms with Crippen molar-refractivity contribution in [1.82, 2.24) is 0 Å². The molecule has 0 aliphatic rings. The molecule has 0 aliphatic carbocycles. The molecule has 35 heavy (non-hydrogen) atoms. The maximum Gasteiger partial charge on any atom is 0.237 e. The molecule has 0 heterocycles. The van der Waals surface area contributed by atoms with Gasteiger partial charge in [-0.3, -0.25) is 9.59 Å². The lowest BCUT2D eigenvalue weighted by Crippen LogP contribution is -2.05. The van der Waals surface area contributed by atoms with E-state index in [4.69, 9.17) is 20.9 Å². The molecule has 0 spiro atoms. The smallest absolute Gasteiger partial charge is 0.237 e. The summed E-state index contributed by atoms with van der Waals surface area (Å²) >= 11 is 0. The van der Waals surface area contributed by atoms with E-state index in [1.807, 2.05) is 24.3 Å². The van der Waals surface area contributed by atoms with E-state index in [1.54, 1.807) is 18.4 Å². The lowest BCUT2D eigenvalue weighted by molar-refractivity contribution is 0.104. The SMILES string of the molecule is Nc1cc(N)c(OCCCCCCOc2ccc(C=CC(=O)c3ccc(F)cc3)cc2)c([C]=O)c1. The molecule has 0 bridgehead atoms. The van der Waals surface area contributed by atoms with Gasteiger partial charge in [0.15, 0.2) is 11.5 Å². The number of halogens is 1. The zero-order valence-electron chi connectivity index (χ0n) is 19.3. The summed E-state index contributed by atoms with van der Waals surface area (Å²) in [5.74, 6) is 0.529. The minimum Gasteiger partial charge on any atom is -0.494 e. The Kier molecular flexibility index (Phi) is 9.42. The summed E-state index contributed by atoms with van der Waals surface area (Å²) in [5.41, 5.74) is 13.8. The van der Waals surface area contributed by atoms with Crippen LogP contribution < -0.4 is 20.9 Å². The first-order chi connectivity index (χ1) is 17.0. The number of ketones is 1. The van der Waals surface area contributed by atoms with Crippen LogP contribution in [0.3, 0.4) is 0 Å². The van der Waals surface area contributed by atoms with Gasteiger partial charge in [-0.15, -0.1) is 0 Å². The third kappa shape index (κ3) is 7.99. The summed E-state index contributed by atoms with van der Waals surface area (Å²) < 4.78 is 24.4. The number of allylic oxidation sites excluding steroid dienone is 1. The molecule has 7 heteroatoms. The zero-order chi connectivity index (χ0) is 25.0. The molecule has 4 N–H and O–H groups in total. The quantitative estimate of drug-likeness (QED) is 0.149. The molecule has 0 saturated carbocycles. The molecule has 181 valence electrons. The first-order valence-electron chi connectivity index (χ1n) is 11.4. The van der Waals surface area contributed by atoms with Crippen molar-refractivity contribution in [2.24, 2.45) is 0 Å². The predicted molar refractivity (Wildman–Crippen MR) is 136 cm³/mol. The minimum atomic E-state index is -0.372. The van der Waals surface area contributed by atoms with E-state index in [-0.39, 0.29) is 17.2 Å². The van der Waals surface area contributed by atoms with Gasteiger partial charge in [-0.25, -0.2) is 4.39 Å². The zero-order valence-corrected chi connectivity index (χ0v) is 19.3. The van der Waals surface area contributed by atoms with Crippen molar-refractivity contribution in [2.45, 2.75) is 25.7 Å². The molecule has 0 amide bonds. The van der Waals surface area contributed by atoms with Crippen LogP contribution in [0, 0.1) is 5.82 Å². The first kappa shape index (κ1) is 25.5. The molecule has 0 fully saturated rings. The van der Waals surface area contributed by atoms with Crippen molar-refractivity contribution in [2.75, 3.05) is 24.7 Å². The van der Waals surface area contributed by atoms with Crippen LogP contribution in [0.15, 0.2) is 66.7 Å². The summed E-state index contributed by atoms with van der Waals surface area (Å²) in [6.07, 6.45) is 8.62. The lowest BCUT2D eigenvalue weighted by Gasteiger charge is -2.11. The third-order valence-corrected chi connectivity index (χ3v) is 5.24. The Hall–Kier alpha value is -4.13. The number of rotatable bonds is 13. The molecule has 0 aromatic heterocycles. The lowest BCUT2D eigenvalue weighted by atomic mass is 10.1. The van der Waals surface area contributed by atoms with E-state index in [9.17, 15) is 14.0 Å². The molecule has 0 unspecified atom stereocenters. The van der Waals surface area contributed by atoms with Gasteiger partial charge in [0.05, 0.1) is 24.5 Å². The average Bonchev–Trinajstić information content (AvgIpc) is 2.86. The Labute approximate surface area is 204 Å². The van der Waals surface area contributed by atoms with Gasteiger partial charge in [-0.1, -0.05) is 18.2 Å². The highest BCUT2D eigenvalue weighted by Gasteiger charge is 2.09. The van der Waals surface area contributed by atoms with Gasteiger partial charge in [0.1, 0.15) is 11.6 Å². The minimum absolute atomic E-state index is 0.185. The van der Waals surface area contributed by atoms with E-state index in [0.29, 0.717) is 35.9 Å². The number of unbranched alkanes of at least 4 members (excludes halogenated alkanes) is 3. The van der Waals surface area contributed by atoms with Gasteiger partial charge in [-0.2, -0.15) is 0 Å². The Morgan fingerprint density at radius 2 is 1.54 bits per heavy atom. The number of benzene rings is 3. The molecule has 6 nitrogen and oxygen atoms in total. The fourth-order valence-electron chi connectivity index (χ4n) is 3.39. The summed E-state index contributed by atoms with van der Waals surface area (Å²) in [6.45, 7) is 1.04. The van der Waals surface area contributed by atoms with Crippen LogP contribution in [-0.4, -0.2) is 25.3 Å². The highest BCUT2D eigenvalue weighted by Crippen LogP contribution is 2.28. The molecule has 0 saturated heterocycles. The number of anilines is 2.